The lowest BCUT2D eigenvalue weighted by Gasteiger charge is -2.15. The quantitative estimate of drug-likeness (QED) is 0.811. The van der Waals surface area contributed by atoms with Gasteiger partial charge in [0.05, 0.1) is 12.7 Å². The fraction of sp³-hybridized carbons (Fsp3) is 0.417. The standard InChI is InChI=1S/C12H17NO4S/c1-9-3-5-10(6-4-9)11(7-12(14)15)8-13-18(2,16)17/h3-6,11,13H,7-8H2,1-2H3,(H,14,15). The molecule has 0 spiro atoms. The first-order valence-corrected chi connectivity index (χ1v) is 7.40. The highest BCUT2D eigenvalue weighted by Gasteiger charge is 2.17. The van der Waals surface area contributed by atoms with E-state index in [1.54, 1.807) is 0 Å². The number of benzene rings is 1. The summed E-state index contributed by atoms with van der Waals surface area (Å²) in [4.78, 5) is 10.8. The van der Waals surface area contributed by atoms with Crippen LogP contribution in [0.25, 0.3) is 0 Å². The number of nitrogens with one attached hydrogen (secondary N) is 1. The Kier molecular flexibility index (Phi) is 4.86. The minimum Gasteiger partial charge on any atom is -0.481 e. The third kappa shape index (κ3) is 5.29. The van der Waals surface area contributed by atoms with Crippen molar-refractivity contribution in [2.75, 3.05) is 12.8 Å². The Bertz CT molecular complexity index is 507. The predicted octanol–water partition coefficient (Wildman–Crippen LogP) is 1.10. The summed E-state index contributed by atoms with van der Waals surface area (Å²) in [6.45, 7) is 2.03. The third-order valence-electron chi connectivity index (χ3n) is 2.56. The smallest absolute Gasteiger partial charge is 0.304 e. The molecule has 0 aliphatic rings. The Hall–Kier alpha value is -1.40. The molecule has 0 heterocycles. The van der Waals surface area contributed by atoms with Gasteiger partial charge in [-0.25, -0.2) is 13.1 Å². The number of aliphatic carboxylic acids is 1. The second-order valence-corrected chi connectivity index (χ2v) is 6.16. The van der Waals surface area contributed by atoms with Gasteiger partial charge < -0.3 is 5.11 Å². The van der Waals surface area contributed by atoms with Crippen molar-refractivity contribution in [1.29, 1.82) is 0 Å². The van der Waals surface area contributed by atoms with Crippen LogP contribution >= 0.6 is 0 Å². The molecule has 0 fully saturated rings. The van der Waals surface area contributed by atoms with Crippen molar-refractivity contribution >= 4 is 16.0 Å². The van der Waals surface area contributed by atoms with Crippen LogP contribution in [0.2, 0.25) is 0 Å². The molecular formula is C12H17NO4S. The van der Waals surface area contributed by atoms with Crippen LogP contribution in [0, 0.1) is 6.92 Å². The molecule has 1 unspecified atom stereocenters. The lowest BCUT2D eigenvalue weighted by Crippen LogP contribution is -2.28. The largest absolute Gasteiger partial charge is 0.481 e. The fourth-order valence-electron chi connectivity index (χ4n) is 1.61. The predicted molar refractivity (Wildman–Crippen MR) is 69.0 cm³/mol. The lowest BCUT2D eigenvalue weighted by atomic mass is 9.95. The van der Waals surface area contributed by atoms with Crippen molar-refractivity contribution in [3.05, 3.63) is 35.4 Å². The van der Waals surface area contributed by atoms with Crippen LogP contribution in [-0.4, -0.2) is 32.3 Å². The number of hydrogen-bond acceptors (Lipinski definition) is 3. The average Bonchev–Trinajstić information content (AvgIpc) is 2.24. The molecule has 6 heteroatoms. The molecular weight excluding hydrogens is 254 g/mol. The Morgan fingerprint density at radius 2 is 1.89 bits per heavy atom. The summed E-state index contributed by atoms with van der Waals surface area (Å²) < 4.78 is 24.4. The molecule has 5 nitrogen and oxygen atoms in total. The number of carboxylic acids is 1. The van der Waals surface area contributed by atoms with E-state index in [9.17, 15) is 13.2 Å². The van der Waals surface area contributed by atoms with Gasteiger partial charge in [0.25, 0.3) is 0 Å². The number of rotatable bonds is 6. The molecule has 0 aliphatic heterocycles. The lowest BCUT2D eigenvalue weighted by molar-refractivity contribution is -0.137. The van der Waals surface area contributed by atoms with Crippen LogP contribution in [0.15, 0.2) is 24.3 Å². The summed E-state index contributed by atoms with van der Waals surface area (Å²) in [6, 6.07) is 7.41. The number of carboxylic acid groups (broad SMARTS) is 1. The van der Waals surface area contributed by atoms with E-state index in [2.05, 4.69) is 4.72 Å². The first-order valence-electron chi connectivity index (χ1n) is 5.51. The van der Waals surface area contributed by atoms with Gasteiger partial charge in [-0.15, -0.1) is 0 Å². The average molecular weight is 271 g/mol. The minimum absolute atomic E-state index is 0.0915. The first kappa shape index (κ1) is 14.7. The normalized spacial score (nSPS) is 13.2. The SMILES string of the molecule is Cc1ccc(C(CNS(C)(=O)=O)CC(=O)O)cc1. The maximum Gasteiger partial charge on any atom is 0.304 e. The summed E-state index contributed by atoms with van der Waals surface area (Å²) in [5.74, 6) is -1.31. The zero-order chi connectivity index (χ0) is 13.8. The van der Waals surface area contributed by atoms with Crippen molar-refractivity contribution in [3.63, 3.8) is 0 Å². The second kappa shape index (κ2) is 5.97. The molecule has 100 valence electrons. The van der Waals surface area contributed by atoms with Crippen LogP contribution in [-0.2, 0) is 14.8 Å². The summed E-state index contributed by atoms with van der Waals surface area (Å²) in [6.07, 6.45) is 0.950. The molecule has 1 atom stereocenters. The van der Waals surface area contributed by atoms with Crippen LogP contribution in [0.3, 0.4) is 0 Å². The van der Waals surface area contributed by atoms with E-state index in [1.165, 1.54) is 0 Å². The molecule has 0 saturated heterocycles. The van der Waals surface area contributed by atoms with E-state index in [1.807, 2.05) is 31.2 Å². The van der Waals surface area contributed by atoms with E-state index in [4.69, 9.17) is 5.11 Å². The van der Waals surface area contributed by atoms with E-state index >= 15 is 0 Å². The van der Waals surface area contributed by atoms with Gasteiger partial charge in [0.2, 0.25) is 10.0 Å². The van der Waals surface area contributed by atoms with Crippen molar-refractivity contribution in [2.45, 2.75) is 19.3 Å². The molecule has 0 bridgehead atoms. The molecule has 18 heavy (non-hydrogen) atoms. The van der Waals surface area contributed by atoms with Gasteiger partial charge in [0.1, 0.15) is 0 Å². The number of sulfonamides is 1. The van der Waals surface area contributed by atoms with E-state index < -0.39 is 16.0 Å². The molecule has 1 aromatic carbocycles. The summed E-state index contributed by atoms with van der Waals surface area (Å²) in [5.41, 5.74) is 1.89. The maximum absolute atomic E-state index is 11.0. The van der Waals surface area contributed by atoms with Gasteiger partial charge in [-0.3, -0.25) is 4.79 Å². The molecule has 0 radical (unpaired) electrons. The Labute approximate surface area is 107 Å². The third-order valence-corrected chi connectivity index (χ3v) is 3.25. The van der Waals surface area contributed by atoms with Gasteiger partial charge in [0, 0.05) is 12.5 Å². The van der Waals surface area contributed by atoms with Crippen LogP contribution in [0.4, 0.5) is 0 Å². The number of carbonyl (C=O) groups is 1. The molecule has 1 rings (SSSR count). The topological polar surface area (TPSA) is 83.5 Å². The van der Waals surface area contributed by atoms with Crippen LogP contribution in [0.1, 0.15) is 23.5 Å². The van der Waals surface area contributed by atoms with E-state index in [0.717, 1.165) is 17.4 Å². The Morgan fingerprint density at radius 1 is 1.33 bits per heavy atom. The first-order chi connectivity index (χ1) is 8.28. The molecule has 0 aliphatic carbocycles. The van der Waals surface area contributed by atoms with Crippen molar-refractivity contribution in [1.82, 2.24) is 4.72 Å². The summed E-state index contributed by atoms with van der Waals surface area (Å²) >= 11 is 0. The van der Waals surface area contributed by atoms with Gasteiger partial charge in [0.15, 0.2) is 0 Å². The van der Waals surface area contributed by atoms with Crippen molar-refractivity contribution < 1.29 is 18.3 Å². The summed E-state index contributed by atoms with van der Waals surface area (Å²) in [5, 5.41) is 8.85. The van der Waals surface area contributed by atoms with Gasteiger partial charge >= 0.3 is 5.97 Å². The van der Waals surface area contributed by atoms with Crippen molar-refractivity contribution in [2.24, 2.45) is 0 Å². The van der Waals surface area contributed by atoms with Gasteiger partial charge in [-0.1, -0.05) is 29.8 Å². The molecule has 0 amide bonds. The molecule has 2 N–H and O–H groups in total. The molecule has 1 aromatic rings. The highest BCUT2D eigenvalue weighted by molar-refractivity contribution is 7.88. The zero-order valence-electron chi connectivity index (χ0n) is 10.4. The zero-order valence-corrected chi connectivity index (χ0v) is 11.2. The fourth-order valence-corrected chi connectivity index (χ4v) is 2.11. The monoisotopic (exact) mass is 271 g/mol. The van der Waals surface area contributed by atoms with E-state index in [0.29, 0.717) is 0 Å². The summed E-state index contributed by atoms with van der Waals surface area (Å²) in [7, 11) is -3.31. The highest BCUT2D eigenvalue weighted by atomic mass is 32.2. The van der Waals surface area contributed by atoms with Crippen LogP contribution in [0.5, 0.6) is 0 Å². The van der Waals surface area contributed by atoms with Crippen LogP contribution < -0.4 is 4.72 Å². The minimum atomic E-state index is -3.31. The highest BCUT2D eigenvalue weighted by Crippen LogP contribution is 2.19. The van der Waals surface area contributed by atoms with Crippen molar-refractivity contribution in [3.8, 4) is 0 Å². The molecule has 0 saturated carbocycles. The van der Waals surface area contributed by atoms with E-state index in [-0.39, 0.29) is 18.9 Å². The Morgan fingerprint density at radius 3 is 2.33 bits per heavy atom. The number of hydrogen-bond donors (Lipinski definition) is 2. The van der Waals surface area contributed by atoms with Gasteiger partial charge in [-0.05, 0) is 12.5 Å². The number of aryl methyl sites for hydroxylation is 1. The van der Waals surface area contributed by atoms with Gasteiger partial charge in [-0.2, -0.15) is 0 Å². The molecule has 0 aromatic heterocycles. The Balaban J connectivity index is 2.84. The maximum atomic E-state index is 11.0. The second-order valence-electron chi connectivity index (χ2n) is 4.33.